The van der Waals surface area contributed by atoms with E-state index < -0.39 is 11.4 Å². The standard InChI is InChI=1S/C5H4N4O2/c10-4-7-3-6-1-2-9(3)5(11)8-4/h1H,2H2,(H,8,10,11). The topological polar surface area (TPSA) is 80.1 Å². The maximum absolute atomic E-state index is 10.9. The van der Waals surface area contributed by atoms with Crippen LogP contribution in [0.4, 0.5) is 5.95 Å². The number of rotatable bonds is 0. The first-order valence-electron chi connectivity index (χ1n) is 3.01. The SMILES string of the molecule is O=c1nc2n(c(=O)[nH]1)CC=N2. The summed E-state index contributed by atoms with van der Waals surface area (Å²) in [6.07, 6.45) is 1.52. The number of hydrogen-bond acceptors (Lipinski definition) is 4. The molecule has 0 radical (unpaired) electrons. The van der Waals surface area contributed by atoms with Crippen molar-refractivity contribution in [1.82, 2.24) is 14.5 Å². The van der Waals surface area contributed by atoms with Crippen molar-refractivity contribution in [2.75, 3.05) is 0 Å². The van der Waals surface area contributed by atoms with E-state index in [0.717, 1.165) is 0 Å². The summed E-state index contributed by atoms with van der Waals surface area (Å²) in [5, 5.41) is 0. The molecule has 1 aliphatic rings. The van der Waals surface area contributed by atoms with Crippen LogP contribution < -0.4 is 11.4 Å². The van der Waals surface area contributed by atoms with E-state index in [1.165, 1.54) is 10.8 Å². The Morgan fingerprint density at radius 3 is 3.18 bits per heavy atom. The molecule has 1 aromatic rings. The second-order valence-corrected chi connectivity index (χ2v) is 2.07. The molecule has 1 aromatic heterocycles. The molecule has 6 nitrogen and oxygen atoms in total. The molecule has 0 saturated carbocycles. The lowest BCUT2D eigenvalue weighted by molar-refractivity contribution is 0.753. The Morgan fingerprint density at radius 1 is 1.55 bits per heavy atom. The zero-order chi connectivity index (χ0) is 7.84. The van der Waals surface area contributed by atoms with Gasteiger partial charge in [0.2, 0.25) is 5.95 Å². The van der Waals surface area contributed by atoms with Gasteiger partial charge in [0.1, 0.15) is 0 Å². The van der Waals surface area contributed by atoms with E-state index in [1.807, 2.05) is 4.98 Å². The molecule has 11 heavy (non-hydrogen) atoms. The maximum Gasteiger partial charge on any atom is 0.352 e. The van der Waals surface area contributed by atoms with E-state index in [1.54, 1.807) is 0 Å². The first-order chi connectivity index (χ1) is 5.27. The van der Waals surface area contributed by atoms with Gasteiger partial charge in [0.25, 0.3) is 0 Å². The fraction of sp³-hybridized carbons (Fsp3) is 0.200. The molecule has 0 saturated heterocycles. The van der Waals surface area contributed by atoms with Crippen molar-refractivity contribution in [1.29, 1.82) is 0 Å². The number of nitrogens with one attached hydrogen (secondary N) is 1. The molecule has 0 spiro atoms. The Morgan fingerprint density at radius 2 is 2.36 bits per heavy atom. The summed E-state index contributed by atoms with van der Waals surface area (Å²) in [4.78, 5) is 30.7. The summed E-state index contributed by atoms with van der Waals surface area (Å²) in [6.45, 7) is 0.387. The van der Waals surface area contributed by atoms with Gasteiger partial charge in [-0.15, -0.1) is 0 Å². The van der Waals surface area contributed by atoms with Gasteiger partial charge in [0.05, 0.1) is 6.54 Å². The molecule has 2 rings (SSSR count). The van der Waals surface area contributed by atoms with Crippen molar-refractivity contribution in [3.63, 3.8) is 0 Å². The molecule has 0 amide bonds. The van der Waals surface area contributed by atoms with Crippen LogP contribution in [0, 0.1) is 0 Å². The van der Waals surface area contributed by atoms with Gasteiger partial charge in [-0.3, -0.25) is 9.55 Å². The second-order valence-electron chi connectivity index (χ2n) is 2.07. The molecule has 0 aromatic carbocycles. The Kier molecular flexibility index (Phi) is 1.03. The third kappa shape index (κ3) is 0.794. The molecule has 0 fully saturated rings. The van der Waals surface area contributed by atoms with Crippen molar-refractivity contribution in [3.05, 3.63) is 21.0 Å². The van der Waals surface area contributed by atoms with Crippen LogP contribution in [0.25, 0.3) is 0 Å². The van der Waals surface area contributed by atoms with Gasteiger partial charge >= 0.3 is 11.4 Å². The largest absolute Gasteiger partial charge is 0.352 e. The highest BCUT2D eigenvalue weighted by Crippen LogP contribution is 2.04. The number of aromatic nitrogens is 3. The highest BCUT2D eigenvalue weighted by molar-refractivity contribution is 5.64. The quantitative estimate of drug-likeness (QED) is 0.499. The lowest BCUT2D eigenvalue weighted by Crippen LogP contribution is -2.30. The predicted molar refractivity (Wildman–Crippen MR) is 37.3 cm³/mol. The molecule has 0 aliphatic carbocycles. The zero-order valence-corrected chi connectivity index (χ0v) is 5.44. The van der Waals surface area contributed by atoms with Gasteiger partial charge in [0, 0.05) is 6.21 Å². The number of aromatic amines is 1. The van der Waals surface area contributed by atoms with E-state index in [9.17, 15) is 9.59 Å². The second kappa shape index (κ2) is 1.88. The Labute approximate surface area is 60.2 Å². The van der Waals surface area contributed by atoms with E-state index in [-0.39, 0.29) is 5.95 Å². The van der Waals surface area contributed by atoms with Crippen molar-refractivity contribution in [3.8, 4) is 0 Å². The summed E-state index contributed by atoms with van der Waals surface area (Å²) in [5.41, 5.74) is -1.11. The highest BCUT2D eigenvalue weighted by atomic mass is 16.2. The summed E-state index contributed by atoms with van der Waals surface area (Å²) in [5.74, 6) is 0.179. The average molecular weight is 152 g/mol. The van der Waals surface area contributed by atoms with E-state index in [0.29, 0.717) is 6.54 Å². The van der Waals surface area contributed by atoms with Crippen LogP contribution in [0.15, 0.2) is 14.6 Å². The van der Waals surface area contributed by atoms with Crippen LogP contribution in [-0.2, 0) is 6.54 Å². The van der Waals surface area contributed by atoms with Crippen molar-refractivity contribution in [2.24, 2.45) is 4.99 Å². The lowest BCUT2D eigenvalue weighted by atomic mass is 10.7. The Balaban J connectivity index is 2.87. The van der Waals surface area contributed by atoms with Crippen LogP contribution in [0.1, 0.15) is 0 Å². The highest BCUT2D eigenvalue weighted by Gasteiger charge is 2.08. The van der Waals surface area contributed by atoms with E-state index in [2.05, 4.69) is 9.98 Å². The number of H-pyrrole nitrogens is 1. The summed E-state index contributed by atoms with van der Waals surface area (Å²) in [7, 11) is 0. The molecule has 0 bridgehead atoms. The average Bonchev–Trinajstić information content (AvgIpc) is 2.34. The maximum atomic E-state index is 10.9. The predicted octanol–water partition coefficient (Wildman–Crippen LogP) is -1.35. The number of nitrogens with zero attached hydrogens (tertiary/aromatic N) is 3. The first kappa shape index (κ1) is 6.02. The van der Waals surface area contributed by atoms with E-state index >= 15 is 0 Å². The smallest absolute Gasteiger partial charge is 0.257 e. The van der Waals surface area contributed by atoms with E-state index in [4.69, 9.17) is 0 Å². The molecular weight excluding hydrogens is 148 g/mol. The number of hydrogen-bond donors (Lipinski definition) is 1. The third-order valence-corrected chi connectivity index (χ3v) is 1.37. The van der Waals surface area contributed by atoms with Crippen LogP contribution in [-0.4, -0.2) is 20.7 Å². The lowest BCUT2D eigenvalue weighted by Gasteiger charge is -1.94. The molecule has 0 atom stereocenters. The van der Waals surface area contributed by atoms with Crippen LogP contribution in [0.3, 0.4) is 0 Å². The molecule has 1 aliphatic heterocycles. The Bertz CT molecular complexity index is 427. The monoisotopic (exact) mass is 152 g/mol. The normalized spacial score (nSPS) is 13.5. The zero-order valence-electron chi connectivity index (χ0n) is 5.44. The van der Waals surface area contributed by atoms with Crippen molar-refractivity contribution < 1.29 is 0 Å². The molecule has 6 heteroatoms. The van der Waals surface area contributed by atoms with Gasteiger partial charge in [0.15, 0.2) is 0 Å². The van der Waals surface area contributed by atoms with Crippen LogP contribution in [0.2, 0.25) is 0 Å². The number of fused-ring (bicyclic) bond motifs is 1. The third-order valence-electron chi connectivity index (χ3n) is 1.37. The molecular formula is C5H4N4O2. The fourth-order valence-corrected chi connectivity index (χ4v) is 0.896. The summed E-state index contributed by atoms with van der Waals surface area (Å²) >= 11 is 0. The molecule has 0 unspecified atom stereocenters. The van der Waals surface area contributed by atoms with Gasteiger partial charge < -0.3 is 0 Å². The fourth-order valence-electron chi connectivity index (χ4n) is 0.896. The minimum Gasteiger partial charge on any atom is -0.257 e. The minimum absolute atomic E-state index is 0.179. The number of aliphatic imine (C=N–C) groups is 1. The Hall–Kier alpha value is -1.72. The van der Waals surface area contributed by atoms with Crippen molar-refractivity contribution in [2.45, 2.75) is 6.54 Å². The van der Waals surface area contributed by atoms with Crippen LogP contribution >= 0.6 is 0 Å². The van der Waals surface area contributed by atoms with Crippen LogP contribution in [0.5, 0.6) is 0 Å². The van der Waals surface area contributed by atoms with Gasteiger partial charge in [-0.05, 0) is 0 Å². The van der Waals surface area contributed by atoms with Crippen molar-refractivity contribution >= 4 is 12.2 Å². The molecule has 1 N–H and O–H groups in total. The molecule has 56 valence electrons. The molecule has 2 heterocycles. The van der Waals surface area contributed by atoms with Gasteiger partial charge in [-0.25, -0.2) is 14.6 Å². The van der Waals surface area contributed by atoms with Gasteiger partial charge in [-0.1, -0.05) is 0 Å². The summed E-state index contributed by atoms with van der Waals surface area (Å²) < 4.78 is 1.28. The minimum atomic E-state index is -0.652. The summed E-state index contributed by atoms with van der Waals surface area (Å²) in [6, 6.07) is 0. The first-order valence-corrected chi connectivity index (χ1v) is 3.01. The van der Waals surface area contributed by atoms with Gasteiger partial charge in [-0.2, -0.15) is 4.98 Å².